The summed E-state index contributed by atoms with van der Waals surface area (Å²) < 4.78 is 0. The zero-order valence-electron chi connectivity index (χ0n) is 15.1. The molecule has 1 aromatic rings. The maximum atomic E-state index is 12.5. The number of likely N-dealkylation sites (N-methyl/N-ethyl adjacent to an activating group) is 1. The van der Waals surface area contributed by atoms with Crippen molar-refractivity contribution >= 4 is 17.5 Å². The largest absolute Gasteiger partial charge is 0.349 e. The maximum absolute atomic E-state index is 12.5. The first-order valence-corrected chi connectivity index (χ1v) is 9.53. The Labute approximate surface area is 150 Å². The fraction of sp³-hybridized carbons (Fsp3) is 0.600. The molecule has 2 aliphatic carbocycles. The van der Waals surface area contributed by atoms with Crippen molar-refractivity contribution < 1.29 is 9.59 Å². The Morgan fingerprint density at radius 3 is 2.40 bits per heavy atom. The van der Waals surface area contributed by atoms with E-state index in [1.807, 2.05) is 19.2 Å². The molecule has 5 nitrogen and oxygen atoms in total. The molecule has 0 bridgehead atoms. The van der Waals surface area contributed by atoms with E-state index in [9.17, 15) is 9.59 Å². The molecule has 2 aliphatic rings. The van der Waals surface area contributed by atoms with Crippen LogP contribution in [0.4, 0.5) is 5.69 Å². The van der Waals surface area contributed by atoms with Gasteiger partial charge in [-0.1, -0.05) is 37.8 Å². The number of carbonyl (C=O) groups excluding carboxylic acids is 2. The predicted molar refractivity (Wildman–Crippen MR) is 99.7 cm³/mol. The number of para-hydroxylation sites is 1. The quantitative estimate of drug-likeness (QED) is 0.780. The summed E-state index contributed by atoms with van der Waals surface area (Å²) in [7, 11) is 2.03. The van der Waals surface area contributed by atoms with E-state index in [1.165, 1.54) is 38.5 Å². The molecule has 25 heavy (non-hydrogen) atoms. The van der Waals surface area contributed by atoms with Crippen LogP contribution in [0.25, 0.3) is 0 Å². The molecule has 2 saturated carbocycles. The standard InChI is InChI=1S/C20H29N3O2/c1-23(16-8-4-2-3-5-9-16)14-19(24)22-18-11-7-6-10-17(18)20(25)21-15-12-13-15/h6-7,10-11,15-16H,2-5,8-9,12-14H2,1H3,(H,21,25)(H,22,24). The van der Waals surface area contributed by atoms with Crippen LogP contribution in [0, 0.1) is 0 Å². The number of rotatable bonds is 6. The molecule has 136 valence electrons. The first-order valence-electron chi connectivity index (χ1n) is 9.53. The number of anilines is 1. The van der Waals surface area contributed by atoms with Crippen LogP contribution in [0.1, 0.15) is 61.7 Å². The summed E-state index contributed by atoms with van der Waals surface area (Å²) in [5.41, 5.74) is 1.14. The van der Waals surface area contributed by atoms with Crippen LogP contribution in [-0.2, 0) is 4.79 Å². The normalized spacial score (nSPS) is 18.6. The zero-order valence-corrected chi connectivity index (χ0v) is 15.1. The molecule has 3 rings (SSSR count). The zero-order chi connectivity index (χ0) is 17.6. The van der Waals surface area contributed by atoms with Crippen molar-refractivity contribution in [2.75, 3.05) is 18.9 Å². The average Bonchev–Trinajstić information content (AvgIpc) is 3.41. The Morgan fingerprint density at radius 2 is 1.72 bits per heavy atom. The average molecular weight is 343 g/mol. The fourth-order valence-corrected chi connectivity index (χ4v) is 3.52. The van der Waals surface area contributed by atoms with Gasteiger partial charge >= 0.3 is 0 Å². The molecule has 0 radical (unpaired) electrons. The van der Waals surface area contributed by atoms with Gasteiger partial charge in [-0.25, -0.2) is 0 Å². The molecule has 5 heteroatoms. The highest BCUT2D eigenvalue weighted by Crippen LogP contribution is 2.23. The SMILES string of the molecule is CN(CC(=O)Nc1ccccc1C(=O)NC1CC1)C1CCCCCC1. The van der Waals surface area contributed by atoms with E-state index >= 15 is 0 Å². The van der Waals surface area contributed by atoms with Crippen LogP contribution < -0.4 is 10.6 Å². The molecule has 2 N–H and O–H groups in total. The highest BCUT2D eigenvalue weighted by atomic mass is 16.2. The summed E-state index contributed by atoms with van der Waals surface area (Å²) in [6.45, 7) is 0.364. The number of nitrogens with one attached hydrogen (secondary N) is 2. The molecule has 0 spiro atoms. The van der Waals surface area contributed by atoms with E-state index in [4.69, 9.17) is 0 Å². The number of hydrogen-bond donors (Lipinski definition) is 2. The summed E-state index contributed by atoms with van der Waals surface area (Å²) in [6.07, 6.45) is 9.55. The van der Waals surface area contributed by atoms with Crippen molar-refractivity contribution in [2.24, 2.45) is 0 Å². The van der Waals surface area contributed by atoms with Crippen LogP contribution >= 0.6 is 0 Å². The molecule has 0 atom stereocenters. The van der Waals surface area contributed by atoms with E-state index in [1.54, 1.807) is 12.1 Å². The lowest BCUT2D eigenvalue weighted by atomic mass is 10.1. The summed E-state index contributed by atoms with van der Waals surface area (Å²) in [6, 6.07) is 8.03. The van der Waals surface area contributed by atoms with Crippen molar-refractivity contribution in [3.05, 3.63) is 29.8 Å². The Kier molecular flexibility index (Phi) is 6.08. The van der Waals surface area contributed by atoms with Gasteiger partial charge in [0.05, 0.1) is 17.8 Å². The van der Waals surface area contributed by atoms with Gasteiger partial charge in [0.15, 0.2) is 0 Å². The number of hydrogen-bond acceptors (Lipinski definition) is 3. The molecule has 0 unspecified atom stereocenters. The number of benzene rings is 1. The van der Waals surface area contributed by atoms with E-state index in [0.29, 0.717) is 29.9 Å². The molecular formula is C20H29N3O2. The molecular weight excluding hydrogens is 314 g/mol. The molecule has 0 saturated heterocycles. The third-order valence-electron chi connectivity index (χ3n) is 5.20. The summed E-state index contributed by atoms with van der Waals surface area (Å²) in [4.78, 5) is 27.0. The van der Waals surface area contributed by atoms with Gasteiger partial charge in [0.2, 0.25) is 5.91 Å². The molecule has 0 aliphatic heterocycles. The van der Waals surface area contributed by atoms with Crippen molar-refractivity contribution in [1.82, 2.24) is 10.2 Å². The van der Waals surface area contributed by atoms with Crippen LogP contribution in [0.3, 0.4) is 0 Å². The number of amides is 2. The van der Waals surface area contributed by atoms with E-state index in [-0.39, 0.29) is 11.8 Å². The van der Waals surface area contributed by atoms with Crippen LogP contribution in [0.2, 0.25) is 0 Å². The third-order valence-corrected chi connectivity index (χ3v) is 5.20. The van der Waals surface area contributed by atoms with Gasteiger partial charge in [-0.3, -0.25) is 14.5 Å². The Balaban J connectivity index is 1.57. The van der Waals surface area contributed by atoms with Crippen molar-refractivity contribution in [3.63, 3.8) is 0 Å². The van der Waals surface area contributed by atoms with Gasteiger partial charge in [-0.2, -0.15) is 0 Å². The summed E-state index contributed by atoms with van der Waals surface area (Å²) in [5.74, 6) is -0.158. The maximum Gasteiger partial charge on any atom is 0.253 e. The second-order valence-electron chi connectivity index (χ2n) is 7.40. The van der Waals surface area contributed by atoms with E-state index in [2.05, 4.69) is 15.5 Å². The lowest BCUT2D eigenvalue weighted by molar-refractivity contribution is -0.117. The minimum atomic E-state index is -0.101. The fourth-order valence-electron chi connectivity index (χ4n) is 3.52. The highest BCUT2D eigenvalue weighted by Gasteiger charge is 2.25. The van der Waals surface area contributed by atoms with Gasteiger partial charge in [0.1, 0.15) is 0 Å². The van der Waals surface area contributed by atoms with Gasteiger partial charge in [0, 0.05) is 12.1 Å². The van der Waals surface area contributed by atoms with Crippen molar-refractivity contribution in [2.45, 2.75) is 63.5 Å². The van der Waals surface area contributed by atoms with Gasteiger partial charge in [-0.05, 0) is 44.9 Å². The molecule has 2 amide bonds. The molecule has 0 heterocycles. The summed E-state index contributed by atoms with van der Waals surface area (Å²) in [5, 5.41) is 5.91. The van der Waals surface area contributed by atoms with Crippen LogP contribution in [-0.4, -0.2) is 42.4 Å². The third kappa shape index (κ3) is 5.30. The Morgan fingerprint density at radius 1 is 1.04 bits per heavy atom. The Hall–Kier alpha value is -1.88. The van der Waals surface area contributed by atoms with Crippen molar-refractivity contribution in [1.29, 1.82) is 0 Å². The number of carbonyl (C=O) groups is 2. The minimum Gasteiger partial charge on any atom is -0.349 e. The van der Waals surface area contributed by atoms with Crippen LogP contribution in [0.15, 0.2) is 24.3 Å². The van der Waals surface area contributed by atoms with E-state index in [0.717, 1.165) is 12.8 Å². The van der Waals surface area contributed by atoms with Gasteiger partial charge in [-0.15, -0.1) is 0 Å². The lowest BCUT2D eigenvalue weighted by Crippen LogP contribution is -2.38. The topological polar surface area (TPSA) is 61.4 Å². The second-order valence-corrected chi connectivity index (χ2v) is 7.40. The second kappa shape index (κ2) is 8.48. The minimum absolute atomic E-state index is 0.0570. The lowest BCUT2D eigenvalue weighted by Gasteiger charge is -2.26. The van der Waals surface area contributed by atoms with Crippen molar-refractivity contribution in [3.8, 4) is 0 Å². The van der Waals surface area contributed by atoms with Crippen LogP contribution in [0.5, 0.6) is 0 Å². The first kappa shape index (κ1) is 17.9. The monoisotopic (exact) mass is 343 g/mol. The number of nitrogens with zero attached hydrogens (tertiary/aromatic N) is 1. The molecule has 1 aromatic carbocycles. The Bertz CT molecular complexity index is 605. The smallest absolute Gasteiger partial charge is 0.253 e. The summed E-state index contributed by atoms with van der Waals surface area (Å²) >= 11 is 0. The first-order chi connectivity index (χ1) is 12.1. The highest BCUT2D eigenvalue weighted by molar-refractivity contribution is 6.04. The van der Waals surface area contributed by atoms with Gasteiger partial charge < -0.3 is 10.6 Å². The molecule has 2 fully saturated rings. The molecule has 0 aromatic heterocycles. The van der Waals surface area contributed by atoms with E-state index < -0.39 is 0 Å². The van der Waals surface area contributed by atoms with Gasteiger partial charge in [0.25, 0.3) is 5.91 Å². The predicted octanol–water partition coefficient (Wildman–Crippen LogP) is 3.17.